The number of piperidine rings is 1. The van der Waals surface area contributed by atoms with Gasteiger partial charge in [0.2, 0.25) is 5.91 Å². The number of anilines is 2. The minimum absolute atomic E-state index is 0.0487. The van der Waals surface area contributed by atoms with Crippen molar-refractivity contribution >= 4 is 17.3 Å². The maximum atomic E-state index is 13.9. The number of hydrogen-bond donors (Lipinski definition) is 1. The SMILES string of the molecule is O=C(CCc1ncc(-c2ccccc2F)o1)Nc1cc(C(F)(F)F)ccc1N1CCCCC1. The lowest BCUT2D eigenvalue weighted by atomic mass is 10.1. The zero-order chi connectivity index (χ0) is 23.4. The lowest BCUT2D eigenvalue weighted by Gasteiger charge is -2.31. The second-order valence-electron chi connectivity index (χ2n) is 7.92. The van der Waals surface area contributed by atoms with E-state index in [1.165, 1.54) is 18.3 Å². The lowest BCUT2D eigenvalue weighted by Crippen LogP contribution is -2.30. The highest BCUT2D eigenvalue weighted by Crippen LogP contribution is 2.36. The molecule has 1 saturated heterocycles. The molecule has 3 aromatic rings. The number of aromatic nitrogens is 1. The first-order chi connectivity index (χ1) is 15.8. The molecule has 1 aliphatic heterocycles. The minimum atomic E-state index is -4.51. The fourth-order valence-corrected chi connectivity index (χ4v) is 3.87. The van der Waals surface area contributed by atoms with Gasteiger partial charge < -0.3 is 14.6 Å². The summed E-state index contributed by atoms with van der Waals surface area (Å²) in [6, 6.07) is 9.52. The van der Waals surface area contributed by atoms with Crippen molar-refractivity contribution in [2.24, 2.45) is 0 Å². The van der Waals surface area contributed by atoms with Gasteiger partial charge >= 0.3 is 6.18 Å². The van der Waals surface area contributed by atoms with Gasteiger partial charge in [0, 0.05) is 25.9 Å². The second kappa shape index (κ2) is 9.64. The third-order valence-electron chi connectivity index (χ3n) is 5.55. The van der Waals surface area contributed by atoms with E-state index in [2.05, 4.69) is 10.3 Å². The highest BCUT2D eigenvalue weighted by Gasteiger charge is 2.32. The second-order valence-corrected chi connectivity index (χ2v) is 7.92. The first-order valence-electron chi connectivity index (χ1n) is 10.8. The highest BCUT2D eigenvalue weighted by atomic mass is 19.4. The van der Waals surface area contributed by atoms with Crippen LogP contribution in [0.3, 0.4) is 0 Å². The van der Waals surface area contributed by atoms with E-state index in [4.69, 9.17) is 4.42 Å². The maximum absolute atomic E-state index is 13.9. The average Bonchev–Trinajstić information content (AvgIpc) is 3.27. The average molecular weight is 461 g/mol. The Morgan fingerprint density at radius 3 is 2.58 bits per heavy atom. The van der Waals surface area contributed by atoms with Crippen LogP contribution < -0.4 is 10.2 Å². The van der Waals surface area contributed by atoms with Crippen LogP contribution >= 0.6 is 0 Å². The van der Waals surface area contributed by atoms with E-state index in [1.54, 1.807) is 18.2 Å². The first-order valence-corrected chi connectivity index (χ1v) is 10.8. The van der Waals surface area contributed by atoms with Crippen LogP contribution in [0.15, 0.2) is 53.1 Å². The number of oxazole rings is 1. The summed E-state index contributed by atoms with van der Waals surface area (Å²) in [5.74, 6) is -0.427. The molecule has 0 radical (unpaired) electrons. The van der Waals surface area contributed by atoms with E-state index >= 15 is 0 Å². The predicted molar refractivity (Wildman–Crippen MR) is 116 cm³/mol. The molecule has 0 aliphatic carbocycles. The smallest absolute Gasteiger partial charge is 0.416 e. The highest BCUT2D eigenvalue weighted by molar-refractivity contribution is 5.94. The molecule has 1 aliphatic rings. The zero-order valence-electron chi connectivity index (χ0n) is 17.8. The molecule has 1 amide bonds. The molecule has 1 N–H and O–H groups in total. The van der Waals surface area contributed by atoms with Crippen LogP contribution in [-0.4, -0.2) is 24.0 Å². The summed E-state index contributed by atoms with van der Waals surface area (Å²) in [5, 5.41) is 2.63. The number of hydrogen-bond acceptors (Lipinski definition) is 4. The van der Waals surface area contributed by atoms with Crippen LogP contribution in [0, 0.1) is 5.82 Å². The van der Waals surface area contributed by atoms with Crippen LogP contribution in [0.2, 0.25) is 0 Å². The minimum Gasteiger partial charge on any atom is -0.441 e. The van der Waals surface area contributed by atoms with Gasteiger partial charge in [0.25, 0.3) is 0 Å². The fraction of sp³-hybridized carbons (Fsp3) is 0.333. The quantitative estimate of drug-likeness (QED) is 0.454. The lowest BCUT2D eigenvalue weighted by molar-refractivity contribution is -0.137. The molecule has 2 aromatic carbocycles. The number of amides is 1. The molecule has 33 heavy (non-hydrogen) atoms. The van der Waals surface area contributed by atoms with Gasteiger partial charge in [-0.15, -0.1) is 0 Å². The molecular weight excluding hydrogens is 438 g/mol. The number of carbonyl (C=O) groups is 1. The molecule has 4 rings (SSSR count). The van der Waals surface area contributed by atoms with Gasteiger partial charge in [-0.3, -0.25) is 4.79 Å². The van der Waals surface area contributed by atoms with Crippen molar-refractivity contribution in [1.29, 1.82) is 0 Å². The molecular formula is C24H23F4N3O2. The molecule has 5 nitrogen and oxygen atoms in total. The third-order valence-corrected chi connectivity index (χ3v) is 5.55. The van der Waals surface area contributed by atoms with Crippen molar-refractivity contribution in [3.05, 3.63) is 65.9 Å². The summed E-state index contributed by atoms with van der Waals surface area (Å²) in [4.78, 5) is 18.6. The molecule has 0 saturated carbocycles. The summed E-state index contributed by atoms with van der Waals surface area (Å²) in [5.41, 5.74) is 0.154. The van der Waals surface area contributed by atoms with Gasteiger partial charge in [-0.05, 0) is 49.6 Å². The summed E-state index contributed by atoms with van der Waals surface area (Å²) in [6.45, 7) is 1.45. The number of carbonyl (C=O) groups excluding carboxylic acids is 1. The Balaban J connectivity index is 1.46. The standard InChI is InChI=1S/C24H23F4N3O2/c25-18-7-3-2-6-17(18)21-15-29-23(33-21)11-10-22(32)30-19-14-16(24(26,27)28)8-9-20(19)31-12-4-1-5-13-31/h2-3,6-9,14-15H,1,4-5,10-13H2,(H,30,32). The van der Waals surface area contributed by atoms with Crippen LogP contribution in [0.25, 0.3) is 11.3 Å². The molecule has 1 fully saturated rings. The fourth-order valence-electron chi connectivity index (χ4n) is 3.87. The van der Waals surface area contributed by atoms with Gasteiger partial charge in [-0.1, -0.05) is 12.1 Å². The maximum Gasteiger partial charge on any atom is 0.416 e. The molecule has 2 heterocycles. The summed E-state index contributed by atoms with van der Waals surface area (Å²) in [7, 11) is 0. The van der Waals surface area contributed by atoms with Gasteiger partial charge in [0.1, 0.15) is 5.82 Å². The molecule has 9 heteroatoms. The van der Waals surface area contributed by atoms with E-state index in [0.29, 0.717) is 5.69 Å². The molecule has 0 bridgehead atoms. The predicted octanol–water partition coefficient (Wildman–Crippen LogP) is 6.06. The van der Waals surface area contributed by atoms with E-state index < -0.39 is 23.5 Å². The van der Waals surface area contributed by atoms with Gasteiger partial charge in [-0.2, -0.15) is 13.2 Å². The molecule has 0 unspecified atom stereocenters. The van der Waals surface area contributed by atoms with Crippen LogP contribution in [0.4, 0.5) is 28.9 Å². The summed E-state index contributed by atoms with van der Waals surface area (Å²) >= 11 is 0. The van der Waals surface area contributed by atoms with Crippen LogP contribution in [0.5, 0.6) is 0 Å². The monoisotopic (exact) mass is 461 g/mol. The van der Waals surface area contributed by atoms with Crippen LogP contribution in [0.1, 0.15) is 37.1 Å². The van der Waals surface area contributed by atoms with Gasteiger partial charge in [0.15, 0.2) is 11.7 Å². The number of halogens is 4. The summed E-state index contributed by atoms with van der Waals surface area (Å²) in [6.07, 6.45) is -0.0884. The Kier molecular flexibility index (Phi) is 6.67. The van der Waals surface area contributed by atoms with Gasteiger partial charge in [0.05, 0.1) is 28.7 Å². The Morgan fingerprint density at radius 1 is 1.09 bits per heavy atom. The largest absolute Gasteiger partial charge is 0.441 e. The zero-order valence-corrected chi connectivity index (χ0v) is 17.8. The third kappa shape index (κ3) is 5.53. The molecule has 0 spiro atoms. The van der Waals surface area contributed by atoms with Crippen molar-refractivity contribution in [3.63, 3.8) is 0 Å². The van der Waals surface area contributed by atoms with E-state index in [9.17, 15) is 22.4 Å². The number of nitrogens with zero attached hydrogens (tertiary/aromatic N) is 2. The Bertz CT molecular complexity index is 1120. The number of rotatable bonds is 6. The van der Waals surface area contributed by atoms with Gasteiger partial charge in [-0.25, -0.2) is 9.37 Å². The Labute approximate surface area is 188 Å². The Hall–Kier alpha value is -3.36. The number of benzene rings is 2. The number of alkyl halides is 3. The van der Waals surface area contributed by atoms with E-state index in [-0.39, 0.29) is 35.7 Å². The first kappa shape index (κ1) is 22.8. The number of nitrogens with one attached hydrogen (secondary N) is 1. The Morgan fingerprint density at radius 2 is 1.85 bits per heavy atom. The molecule has 0 atom stereocenters. The van der Waals surface area contributed by atoms with E-state index in [1.807, 2.05) is 4.90 Å². The number of aryl methyl sites for hydroxylation is 1. The van der Waals surface area contributed by atoms with Crippen molar-refractivity contribution in [1.82, 2.24) is 4.98 Å². The van der Waals surface area contributed by atoms with Crippen molar-refractivity contribution in [2.45, 2.75) is 38.3 Å². The van der Waals surface area contributed by atoms with E-state index in [0.717, 1.165) is 44.5 Å². The van der Waals surface area contributed by atoms with Crippen molar-refractivity contribution < 1.29 is 26.8 Å². The molecule has 1 aromatic heterocycles. The topological polar surface area (TPSA) is 58.4 Å². The normalized spacial score (nSPS) is 14.4. The van der Waals surface area contributed by atoms with Crippen molar-refractivity contribution in [2.75, 3.05) is 23.3 Å². The van der Waals surface area contributed by atoms with Crippen LogP contribution in [-0.2, 0) is 17.4 Å². The molecule has 174 valence electrons. The summed E-state index contributed by atoms with van der Waals surface area (Å²) < 4.78 is 59.2. The van der Waals surface area contributed by atoms with Crippen molar-refractivity contribution in [3.8, 4) is 11.3 Å².